The van der Waals surface area contributed by atoms with E-state index in [4.69, 9.17) is 10.5 Å². The van der Waals surface area contributed by atoms with Gasteiger partial charge in [0.1, 0.15) is 0 Å². The summed E-state index contributed by atoms with van der Waals surface area (Å²) in [5, 5.41) is 18.2. The summed E-state index contributed by atoms with van der Waals surface area (Å²) in [6.45, 7) is 0. The van der Waals surface area contributed by atoms with Crippen molar-refractivity contribution in [3.05, 3.63) is 35.9 Å². The summed E-state index contributed by atoms with van der Waals surface area (Å²) in [4.78, 5) is 11.6. The highest BCUT2D eigenvalue weighted by Gasteiger charge is 2.71. The van der Waals surface area contributed by atoms with Gasteiger partial charge in [0.15, 0.2) is 5.41 Å². The fourth-order valence-electron chi connectivity index (χ4n) is 2.26. The maximum atomic E-state index is 11.6. The number of carbonyl (C=O) groups is 1. The molecule has 17 heavy (non-hydrogen) atoms. The predicted molar refractivity (Wildman–Crippen MR) is 58.3 cm³/mol. The molecule has 0 aromatic heterocycles. The smallest absolute Gasteiger partial charge is 0.312 e. The molecule has 0 heterocycles. The fraction of sp³-hybridized carbons (Fsp3) is 0.308. The molecule has 1 aromatic rings. The lowest BCUT2D eigenvalue weighted by molar-refractivity contribution is -0.142. The summed E-state index contributed by atoms with van der Waals surface area (Å²) < 4.78 is 4.64. The van der Waals surface area contributed by atoms with Crippen LogP contribution in [0.3, 0.4) is 0 Å². The van der Waals surface area contributed by atoms with Crippen molar-refractivity contribution >= 4 is 5.97 Å². The van der Waals surface area contributed by atoms with Crippen LogP contribution in [-0.2, 0) is 9.53 Å². The molecular weight excluding hydrogens is 216 g/mol. The zero-order valence-corrected chi connectivity index (χ0v) is 9.25. The van der Waals surface area contributed by atoms with Crippen molar-refractivity contribution < 1.29 is 9.53 Å². The Bertz CT molecular complexity index is 511. The number of methoxy groups -OCH3 is 1. The first-order valence-electron chi connectivity index (χ1n) is 5.16. The van der Waals surface area contributed by atoms with Crippen molar-refractivity contribution in [1.29, 1.82) is 10.5 Å². The van der Waals surface area contributed by atoms with Gasteiger partial charge < -0.3 is 4.74 Å². The van der Waals surface area contributed by atoms with Gasteiger partial charge in [0.05, 0.1) is 25.2 Å². The molecule has 4 nitrogen and oxygen atoms in total. The Kier molecular flexibility index (Phi) is 2.57. The summed E-state index contributed by atoms with van der Waals surface area (Å²) >= 11 is 0. The molecule has 2 atom stereocenters. The highest BCUT2D eigenvalue weighted by Crippen LogP contribution is 2.64. The lowest BCUT2D eigenvalue weighted by Gasteiger charge is -1.97. The van der Waals surface area contributed by atoms with E-state index in [2.05, 4.69) is 4.74 Å². The van der Waals surface area contributed by atoms with Crippen LogP contribution >= 0.6 is 0 Å². The lowest BCUT2D eigenvalue weighted by Crippen LogP contribution is -2.09. The lowest BCUT2D eigenvalue weighted by atomic mass is 10.0. The first-order valence-corrected chi connectivity index (χ1v) is 5.16. The molecule has 0 bridgehead atoms. The summed E-state index contributed by atoms with van der Waals surface area (Å²) in [5.41, 5.74) is -0.444. The zero-order valence-electron chi connectivity index (χ0n) is 9.25. The number of hydrogen-bond acceptors (Lipinski definition) is 4. The minimum Gasteiger partial charge on any atom is -0.469 e. The molecule has 84 valence electrons. The van der Waals surface area contributed by atoms with E-state index in [-0.39, 0.29) is 5.92 Å². The van der Waals surface area contributed by atoms with Gasteiger partial charge in [-0.25, -0.2) is 0 Å². The number of nitriles is 2. The number of nitrogens with zero attached hydrogens (tertiary/aromatic N) is 2. The van der Waals surface area contributed by atoms with Crippen molar-refractivity contribution in [2.24, 2.45) is 11.3 Å². The highest BCUT2D eigenvalue weighted by atomic mass is 16.5. The molecule has 1 saturated carbocycles. The molecule has 0 amide bonds. The van der Waals surface area contributed by atoms with Gasteiger partial charge in [0.25, 0.3) is 0 Å². The van der Waals surface area contributed by atoms with Crippen LogP contribution in [-0.4, -0.2) is 13.1 Å². The van der Waals surface area contributed by atoms with Crippen LogP contribution in [0, 0.1) is 34.0 Å². The van der Waals surface area contributed by atoms with Crippen LogP contribution in [0.25, 0.3) is 0 Å². The Balaban J connectivity index is 2.40. The van der Waals surface area contributed by atoms with Gasteiger partial charge in [-0.15, -0.1) is 0 Å². The van der Waals surface area contributed by atoms with E-state index in [1.54, 1.807) is 0 Å². The minimum absolute atomic E-state index is 0.383. The molecule has 0 unspecified atom stereocenters. The standard InChI is InChI=1S/C13H10N2O2/c1-17-12(16)11-10(13(11,7-14)8-15)9-5-3-2-4-6-9/h2-6,10-11H,1H3/t10-,11+/m0/s1. The molecule has 0 saturated heterocycles. The normalized spacial score (nSPS) is 24.2. The van der Waals surface area contributed by atoms with Gasteiger partial charge in [-0.3, -0.25) is 4.79 Å². The van der Waals surface area contributed by atoms with Crippen LogP contribution in [0.15, 0.2) is 30.3 Å². The Morgan fingerprint density at radius 3 is 2.35 bits per heavy atom. The van der Waals surface area contributed by atoms with Crippen LogP contribution in [0.2, 0.25) is 0 Å². The molecule has 0 aliphatic heterocycles. The summed E-state index contributed by atoms with van der Waals surface area (Å²) in [6, 6.07) is 13.0. The van der Waals surface area contributed by atoms with Gasteiger partial charge in [-0.2, -0.15) is 10.5 Å². The van der Waals surface area contributed by atoms with Crippen LogP contribution in [0.1, 0.15) is 11.5 Å². The number of hydrogen-bond donors (Lipinski definition) is 0. The van der Waals surface area contributed by atoms with Gasteiger partial charge >= 0.3 is 5.97 Å². The fourth-order valence-corrected chi connectivity index (χ4v) is 2.26. The predicted octanol–water partition coefficient (Wildman–Crippen LogP) is 1.61. The number of rotatable bonds is 2. The maximum absolute atomic E-state index is 11.6. The van der Waals surface area contributed by atoms with E-state index in [1.165, 1.54) is 7.11 Å². The van der Waals surface area contributed by atoms with Crippen molar-refractivity contribution in [2.45, 2.75) is 5.92 Å². The molecule has 1 aromatic carbocycles. The zero-order chi connectivity index (χ0) is 12.5. The third-order valence-corrected chi connectivity index (χ3v) is 3.19. The molecule has 0 radical (unpaired) electrons. The quantitative estimate of drug-likeness (QED) is 0.718. The van der Waals surface area contributed by atoms with Crippen molar-refractivity contribution in [1.82, 2.24) is 0 Å². The minimum atomic E-state index is -1.27. The largest absolute Gasteiger partial charge is 0.469 e. The van der Waals surface area contributed by atoms with Gasteiger partial charge in [-0.05, 0) is 5.56 Å². The molecule has 0 N–H and O–H groups in total. The second kappa shape index (κ2) is 3.92. The van der Waals surface area contributed by atoms with Gasteiger partial charge in [-0.1, -0.05) is 30.3 Å². The van der Waals surface area contributed by atoms with Gasteiger partial charge in [0, 0.05) is 5.92 Å². The van der Waals surface area contributed by atoms with Crippen molar-refractivity contribution in [3.63, 3.8) is 0 Å². The maximum Gasteiger partial charge on any atom is 0.312 e. The number of ether oxygens (including phenoxy) is 1. The SMILES string of the molecule is COC(=O)[C@H]1[C@H](c2ccccc2)C1(C#N)C#N. The Hall–Kier alpha value is -2.33. The third kappa shape index (κ3) is 1.46. The average molecular weight is 226 g/mol. The molecule has 1 aliphatic carbocycles. The van der Waals surface area contributed by atoms with E-state index in [1.807, 2.05) is 42.5 Å². The highest BCUT2D eigenvalue weighted by molar-refractivity contribution is 5.82. The van der Waals surface area contributed by atoms with E-state index in [9.17, 15) is 4.79 Å². The number of benzene rings is 1. The van der Waals surface area contributed by atoms with E-state index < -0.39 is 17.3 Å². The average Bonchev–Trinajstić information content (AvgIpc) is 3.08. The molecule has 2 rings (SSSR count). The monoisotopic (exact) mass is 226 g/mol. The topological polar surface area (TPSA) is 73.9 Å². The molecule has 0 spiro atoms. The van der Waals surface area contributed by atoms with Crippen LogP contribution < -0.4 is 0 Å². The van der Waals surface area contributed by atoms with Gasteiger partial charge in [0.2, 0.25) is 0 Å². The first-order chi connectivity index (χ1) is 8.21. The van der Waals surface area contributed by atoms with Crippen molar-refractivity contribution in [3.8, 4) is 12.1 Å². The Morgan fingerprint density at radius 1 is 1.29 bits per heavy atom. The van der Waals surface area contributed by atoms with E-state index >= 15 is 0 Å². The Morgan fingerprint density at radius 2 is 1.88 bits per heavy atom. The van der Waals surface area contributed by atoms with E-state index in [0.717, 1.165) is 5.56 Å². The number of carbonyl (C=O) groups excluding carboxylic acids is 1. The van der Waals surface area contributed by atoms with Crippen LogP contribution in [0.4, 0.5) is 0 Å². The molecule has 1 fully saturated rings. The Labute approximate surface area is 99.0 Å². The second-order valence-corrected chi connectivity index (χ2v) is 3.98. The first kappa shape index (κ1) is 11.2. The van der Waals surface area contributed by atoms with Crippen molar-refractivity contribution in [2.75, 3.05) is 7.11 Å². The summed E-state index contributed by atoms with van der Waals surface area (Å²) in [7, 11) is 1.27. The third-order valence-electron chi connectivity index (χ3n) is 3.19. The van der Waals surface area contributed by atoms with Crippen LogP contribution in [0.5, 0.6) is 0 Å². The molecular formula is C13H10N2O2. The second-order valence-electron chi connectivity index (χ2n) is 3.98. The summed E-state index contributed by atoms with van der Waals surface area (Å²) in [6.07, 6.45) is 0. The molecule has 4 heteroatoms. The van der Waals surface area contributed by atoms with E-state index in [0.29, 0.717) is 0 Å². The molecule has 1 aliphatic rings. The summed E-state index contributed by atoms with van der Waals surface area (Å²) in [5.74, 6) is -1.56. The number of esters is 1.